The summed E-state index contributed by atoms with van der Waals surface area (Å²) in [6.45, 7) is 1.88. The van der Waals surface area contributed by atoms with Gasteiger partial charge in [0.15, 0.2) is 6.61 Å². The number of carboxylic acids is 1. The van der Waals surface area contributed by atoms with Crippen LogP contribution in [-0.2, 0) is 16.0 Å². The van der Waals surface area contributed by atoms with Gasteiger partial charge in [0, 0.05) is 24.3 Å². The molecule has 0 saturated carbocycles. The zero-order valence-electron chi connectivity index (χ0n) is 16.7. The van der Waals surface area contributed by atoms with E-state index in [-0.39, 0.29) is 12.7 Å². The molecule has 4 rings (SSSR count). The first kappa shape index (κ1) is 20.0. The van der Waals surface area contributed by atoms with E-state index in [2.05, 4.69) is 35.2 Å². The van der Waals surface area contributed by atoms with E-state index >= 15 is 0 Å². The summed E-state index contributed by atoms with van der Waals surface area (Å²) in [6, 6.07) is 26.3. The second-order valence-electron chi connectivity index (χ2n) is 7.25. The Kier molecular flexibility index (Phi) is 6.30. The van der Waals surface area contributed by atoms with Crippen LogP contribution < -0.4 is 9.64 Å². The molecule has 1 N–H and O–H groups in total. The Morgan fingerprint density at radius 2 is 1.60 bits per heavy atom. The van der Waals surface area contributed by atoms with Crippen LogP contribution in [0.5, 0.6) is 5.75 Å². The van der Waals surface area contributed by atoms with Gasteiger partial charge in [0.05, 0.1) is 6.61 Å². The van der Waals surface area contributed by atoms with E-state index in [1.807, 2.05) is 48.5 Å². The van der Waals surface area contributed by atoms with Gasteiger partial charge in [0.1, 0.15) is 11.9 Å². The van der Waals surface area contributed by atoms with Crippen molar-refractivity contribution < 1.29 is 19.4 Å². The molecule has 0 spiro atoms. The lowest BCUT2D eigenvalue weighted by molar-refractivity contribution is -0.139. The molecule has 0 atom stereocenters. The number of hydrogen-bond donors (Lipinski definition) is 1. The second-order valence-corrected chi connectivity index (χ2v) is 7.25. The maximum Gasteiger partial charge on any atom is 0.341 e. The molecular weight excluding hydrogens is 378 g/mol. The molecular formula is C25H25NO4. The molecule has 0 aliphatic carbocycles. The van der Waals surface area contributed by atoms with Crippen molar-refractivity contribution in [2.75, 3.05) is 31.2 Å². The van der Waals surface area contributed by atoms with E-state index in [0.29, 0.717) is 12.4 Å². The highest BCUT2D eigenvalue weighted by Crippen LogP contribution is 2.35. The Morgan fingerprint density at radius 1 is 0.933 bits per heavy atom. The van der Waals surface area contributed by atoms with Crippen molar-refractivity contribution in [3.63, 3.8) is 0 Å². The fourth-order valence-corrected chi connectivity index (χ4v) is 3.90. The van der Waals surface area contributed by atoms with Gasteiger partial charge >= 0.3 is 5.97 Å². The van der Waals surface area contributed by atoms with Crippen molar-refractivity contribution >= 4 is 11.7 Å². The van der Waals surface area contributed by atoms with Crippen molar-refractivity contribution in [1.29, 1.82) is 0 Å². The van der Waals surface area contributed by atoms with Gasteiger partial charge in [-0.05, 0) is 29.7 Å². The summed E-state index contributed by atoms with van der Waals surface area (Å²) in [4.78, 5) is 13.1. The van der Waals surface area contributed by atoms with Crippen LogP contribution in [0.2, 0.25) is 0 Å². The smallest absolute Gasteiger partial charge is 0.341 e. The van der Waals surface area contributed by atoms with E-state index in [0.717, 1.165) is 41.9 Å². The molecule has 5 heteroatoms. The van der Waals surface area contributed by atoms with Gasteiger partial charge in [-0.25, -0.2) is 4.79 Å². The summed E-state index contributed by atoms with van der Waals surface area (Å²) in [5.41, 5.74) is 4.43. The number of rotatable bonds is 9. The van der Waals surface area contributed by atoms with E-state index in [1.54, 1.807) is 0 Å². The van der Waals surface area contributed by atoms with E-state index < -0.39 is 5.97 Å². The lowest BCUT2D eigenvalue weighted by Gasteiger charge is -2.23. The van der Waals surface area contributed by atoms with E-state index in [1.165, 1.54) is 0 Å². The number of benzene rings is 3. The van der Waals surface area contributed by atoms with Crippen LogP contribution in [0.4, 0.5) is 5.69 Å². The van der Waals surface area contributed by atoms with Crippen molar-refractivity contribution in [2.24, 2.45) is 0 Å². The predicted molar refractivity (Wildman–Crippen MR) is 116 cm³/mol. The van der Waals surface area contributed by atoms with Gasteiger partial charge in [-0.2, -0.15) is 0 Å². The number of hydrogen-bond acceptors (Lipinski definition) is 4. The number of nitrogens with zero attached hydrogens (tertiary/aromatic N) is 1. The van der Waals surface area contributed by atoms with Crippen molar-refractivity contribution in [1.82, 2.24) is 0 Å². The van der Waals surface area contributed by atoms with Gasteiger partial charge in [-0.3, -0.25) is 0 Å². The molecule has 0 radical (unpaired) electrons. The molecule has 3 aromatic carbocycles. The Bertz CT molecular complexity index is 935. The molecule has 1 heterocycles. The Morgan fingerprint density at radius 3 is 2.23 bits per heavy atom. The molecule has 5 nitrogen and oxygen atoms in total. The minimum absolute atomic E-state index is 0.111. The molecule has 3 aromatic rings. The van der Waals surface area contributed by atoms with Crippen molar-refractivity contribution in [3.05, 3.63) is 95.6 Å². The Hall–Kier alpha value is -3.31. The fraction of sp³-hybridized carbons (Fsp3) is 0.240. The number of carbonyl (C=O) groups is 1. The van der Waals surface area contributed by atoms with Crippen LogP contribution in [0.15, 0.2) is 78.9 Å². The predicted octanol–water partition coefficient (Wildman–Crippen LogP) is 4.32. The average Bonchev–Trinajstić information content (AvgIpc) is 3.20. The molecule has 0 fully saturated rings. The van der Waals surface area contributed by atoms with Crippen LogP contribution in [0.3, 0.4) is 0 Å². The lowest BCUT2D eigenvalue weighted by atomic mass is 10.0. The van der Waals surface area contributed by atoms with Crippen LogP contribution in [0.1, 0.15) is 22.8 Å². The van der Waals surface area contributed by atoms with E-state index in [9.17, 15) is 4.79 Å². The first-order valence-corrected chi connectivity index (χ1v) is 10.2. The van der Waals surface area contributed by atoms with Crippen LogP contribution in [0, 0.1) is 0 Å². The van der Waals surface area contributed by atoms with Crippen LogP contribution in [0.25, 0.3) is 0 Å². The molecule has 0 saturated heterocycles. The normalized spacial score (nSPS) is 12.8. The summed E-state index contributed by atoms with van der Waals surface area (Å²) in [7, 11) is 0. The molecule has 30 heavy (non-hydrogen) atoms. The monoisotopic (exact) mass is 403 g/mol. The first-order valence-electron chi connectivity index (χ1n) is 10.2. The van der Waals surface area contributed by atoms with E-state index in [4.69, 9.17) is 14.6 Å². The zero-order valence-corrected chi connectivity index (χ0v) is 16.7. The number of anilines is 1. The molecule has 0 unspecified atom stereocenters. The van der Waals surface area contributed by atoms with Gasteiger partial charge in [-0.1, -0.05) is 66.7 Å². The minimum atomic E-state index is -0.969. The van der Waals surface area contributed by atoms with Gasteiger partial charge in [0.2, 0.25) is 0 Å². The zero-order chi connectivity index (χ0) is 20.8. The topological polar surface area (TPSA) is 59.0 Å². The second kappa shape index (κ2) is 9.46. The van der Waals surface area contributed by atoms with Crippen molar-refractivity contribution in [3.8, 4) is 5.75 Å². The summed E-state index contributed by atoms with van der Waals surface area (Å²) in [5.74, 6) is -0.312. The van der Waals surface area contributed by atoms with Gasteiger partial charge < -0.3 is 19.5 Å². The molecule has 0 amide bonds. The molecule has 1 aliphatic heterocycles. The number of carboxylic acid groups (broad SMARTS) is 1. The number of ether oxygens (including phenoxy) is 2. The highest BCUT2D eigenvalue weighted by molar-refractivity contribution is 5.69. The Balaban J connectivity index is 1.43. The standard InChI is InChI=1S/C25H25NO4/c27-24(28)18-30-23-13-7-12-22-21(23)14-15-26(22)16-17-29-25(19-8-3-1-4-9-19)20-10-5-2-6-11-20/h1-13,25H,14-18H2,(H,27,28). The van der Waals surface area contributed by atoms with Gasteiger partial charge in [0.25, 0.3) is 0 Å². The quantitative estimate of drug-likeness (QED) is 0.577. The van der Waals surface area contributed by atoms with Crippen LogP contribution in [-0.4, -0.2) is 37.4 Å². The SMILES string of the molecule is O=C(O)COc1cccc2c1CCN2CCOC(c1ccccc1)c1ccccc1. The fourth-order valence-electron chi connectivity index (χ4n) is 3.90. The molecule has 154 valence electrons. The average molecular weight is 403 g/mol. The van der Waals surface area contributed by atoms with Gasteiger partial charge in [-0.15, -0.1) is 0 Å². The largest absolute Gasteiger partial charge is 0.482 e. The Labute approximate surface area is 176 Å². The molecule has 0 aromatic heterocycles. The van der Waals surface area contributed by atoms with Crippen LogP contribution >= 0.6 is 0 Å². The maximum absolute atomic E-state index is 10.8. The minimum Gasteiger partial charge on any atom is -0.482 e. The highest BCUT2D eigenvalue weighted by atomic mass is 16.5. The number of aliphatic carboxylic acids is 1. The maximum atomic E-state index is 10.8. The lowest BCUT2D eigenvalue weighted by Crippen LogP contribution is -2.26. The highest BCUT2D eigenvalue weighted by Gasteiger charge is 2.23. The third-order valence-electron chi connectivity index (χ3n) is 5.28. The molecule has 1 aliphatic rings. The first-order chi connectivity index (χ1) is 14.7. The van der Waals surface area contributed by atoms with Crippen molar-refractivity contribution in [2.45, 2.75) is 12.5 Å². The summed E-state index contributed by atoms with van der Waals surface area (Å²) in [6.07, 6.45) is 0.728. The summed E-state index contributed by atoms with van der Waals surface area (Å²) < 4.78 is 11.8. The third kappa shape index (κ3) is 4.63. The number of fused-ring (bicyclic) bond motifs is 1. The molecule has 0 bridgehead atoms. The summed E-state index contributed by atoms with van der Waals surface area (Å²) in [5, 5.41) is 8.88. The third-order valence-corrected chi connectivity index (χ3v) is 5.28. The summed E-state index contributed by atoms with van der Waals surface area (Å²) >= 11 is 0.